The maximum atomic E-state index is 12.3. The van der Waals surface area contributed by atoms with E-state index < -0.39 is 0 Å². The van der Waals surface area contributed by atoms with Crippen LogP contribution in [0, 0.1) is 0 Å². The second kappa shape index (κ2) is 5.85. The summed E-state index contributed by atoms with van der Waals surface area (Å²) in [7, 11) is 0. The maximum absolute atomic E-state index is 12.3. The molecule has 0 saturated carbocycles. The minimum absolute atomic E-state index is 0. The van der Waals surface area contributed by atoms with E-state index in [0.717, 1.165) is 13.0 Å². The first-order valence-electron chi connectivity index (χ1n) is 6.11. The van der Waals surface area contributed by atoms with Crippen molar-refractivity contribution in [1.82, 2.24) is 9.88 Å². The van der Waals surface area contributed by atoms with Gasteiger partial charge in [-0.15, -0.1) is 12.4 Å². The fourth-order valence-electron chi connectivity index (χ4n) is 2.34. The zero-order chi connectivity index (χ0) is 12.4. The molecule has 98 valence electrons. The largest absolute Gasteiger partial charge is 0.334 e. The molecular weight excluding hydrogens is 260 g/mol. The molecule has 3 rings (SSSR count). The molecule has 1 amide bonds. The molecular formula is C15H15ClN2O. The van der Waals surface area contributed by atoms with Crippen molar-refractivity contribution < 1.29 is 4.79 Å². The van der Waals surface area contributed by atoms with E-state index in [0.29, 0.717) is 12.1 Å². The quantitative estimate of drug-likeness (QED) is 0.801. The van der Waals surface area contributed by atoms with Crippen molar-refractivity contribution in [2.24, 2.45) is 0 Å². The predicted molar refractivity (Wildman–Crippen MR) is 76.4 cm³/mol. The van der Waals surface area contributed by atoms with E-state index >= 15 is 0 Å². The Labute approximate surface area is 118 Å². The molecule has 0 bridgehead atoms. The Kier molecular flexibility index (Phi) is 4.17. The molecule has 0 radical (unpaired) electrons. The number of carbonyl (C=O) groups excluding carboxylic acids is 1. The van der Waals surface area contributed by atoms with Crippen molar-refractivity contribution in [3.05, 3.63) is 65.5 Å². The lowest BCUT2D eigenvalue weighted by molar-refractivity contribution is 0.0734. The first-order chi connectivity index (χ1) is 8.84. The summed E-state index contributed by atoms with van der Waals surface area (Å²) in [5, 5.41) is 0. The van der Waals surface area contributed by atoms with Crippen LogP contribution in [0.5, 0.6) is 0 Å². The van der Waals surface area contributed by atoms with Crippen molar-refractivity contribution in [3.63, 3.8) is 0 Å². The molecule has 1 aromatic heterocycles. The third-order valence-corrected chi connectivity index (χ3v) is 3.33. The van der Waals surface area contributed by atoms with Crippen LogP contribution in [0.2, 0.25) is 0 Å². The van der Waals surface area contributed by atoms with Crippen molar-refractivity contribution in [1.29, 1.82) is 0 Å². The molecule has 0 atom stereocenters. The molecule has 19 heavy (non-hydrogen) atoms. The highest BCUT2D eigenvalue weighted by atomic mass is 35.5. The third-order valence-electron chi connectivity index (χ3n) is 3.33. The van der Waals surface area contributed by atoms with E-state index in [1.807, 2.05) is 17.0 Å². The number of hydrogen-bond acceptors (Lipinski definition) is 2. The lowest BCUT2D eigenvalue weighted by atomic mass is 9.99. The van der Waals surface area contributed by atoms with Gasteiger partial charge in [-0.3, -0.25) is 9.78 Å². The highest BCUT2D eigenvalue weighted by Gasteiger charge is 2.21. The molecule has 0 spiro atoms. The molecule has 0 N–H and O–H groups in total. The average Bonchev–Trinajstić information content (AvgIpc) is 2.47. The Morgan fingerprint density at radius 3 is 2.63 bits per heavy atom. The van der Waals surface area contributed by atoms with Crippen molar-refractivity contribution >= 4 is 18.3 Å². The van der Waals surface area contributed by atoms with Gasteiger partial charge >= 0.3 is 0 Å². The first kappa shape index (κ1) is 13.6. The Bertz CT molecular complexity index is 571. The molecule has 0 fully saturated rings. The SMILES string of the molecule is Cl.O=C(c1cccnc1)N1CCc2ccccc2C1. The van der Waals surface area contributed by atoms with Gasteiger partial charge in [0.15, 0.2) is 0 Å². The molecule has 0 aliphatic carbocycles. The van der Waals surface area contributed by atoms with Crippen LogP contribution in [0.1, 0.15) is 21.5 Å². The number of fused-ring (bicyclic) bond motifs is 1. The van der Waals surface area contributed by atoms with Gasteiger partial charge in [0.25, 0.3) is 5.91 Å². The van der Waals surface area contributed by atoms with Gasteiger partial charge in [0.1, 0.15) is 0 Å². The van der Waals surface area contributed by atoms with Gasteiger partial charge in [0.2, 0.25) is 0 Å². The number of pyridine rings is 1. The summed E-state index contributed by atoms with van der Waals surface area (Å²) >= 11 is 0. The number of nitrogens with zero attached hydrogens (tertiary/aromatic N) is 2. The molecule has 3 nitrogen and oxygen atoms in total. The first-order valence-corrected chi connectivity index (χ1v) is 6.11. The van der Waals surface area contributed by atoms with Gasteiger partial charge in [-0.25, -0.2) is 0 Å². The normalized spacial score (nSPS) is 13.4. The standard InChI is InChI=1S/C15H14N2O.ClH/c18-15(13-6-3-8-16-10-13)17-9-7-12-4-1-2-5-14(12)11-17;/h1-6,8,10H,7,9,11H2;1H. The van der Waals surface area contributed by atoms with Crippen LogP contribution in [0.4, 0.5) is 0 Å². The highest BCUT2D eigenvalue weighted by molar-refractivity contribution is 5.94. The Morgan fingerprint density at radius 1 is 1.11 bits per heavy atom. The molecule has 0 unspecified atom stereocenters. The van der Waals surface area contributed by atoms with Crippen LogP contribution in [0.3, 0.4) is 0 Å². The van der Waals surface area contributed by atoms with Gasteiger partial charge in [0.05, 0.1) is 5.56 Å². The van der Waals surface area contributed by atoms with Gasteiger partial charge < -0.3 is 4.90 Å². The van der Waals surface area contributed by atoms with E-state index in [1.165, 1.54) is 11.1 Å². The van der Waals surface area contributed by atoms with Crippen LogP contribution < -0.4 is 0 Å². The van der Waals surface area contributed by atoms with Crippen molar-refractivity contribution in [3.8, 4) is 0 Å². The average molecular weight is 275 g/mol. The molecule has 2 heterocycles. The molecule has 4 heteroatoms. The lowest BCUT2D eigenvalue weighted by Crippen LogP contribution is -2.35. The van der Waals surface area contributed by atoms with Crippen LogP contribution in [-0.4, -0.2) is 22.3 Å². The maximum Gasteiger partial charge on any atom is 0.255 e. The summed E-state index contributed by atoms with van der Waals surface area (Å²) in [6.07, 6.45) is 4.24. The van der Waals surface area contributed by atoms with E-state index in [4.69, 9.17) is 0 Å². The Balaban J connectivity index is 0.00000133. The fourth-order valence-corrected chi connectivity index (χ4v) is 2.34. The summed E-state index contributed by atoms with van der Waals surface area (Å²) in [6, 6.07) is 11.9. The lowest BCUT2D eigenvalue weighted by Gasteiger charge is -2.28. The van der Waals surface area contributed by atoms with Gasteiger partial charge in [-0.2, -0.15) is 0 Å². The van der Waals surface area contributed by atoms with Crippen LogP contribution in [0.25, 0.3) is 0 Å². The molecule has 1 aliphatic heterocycles. The highest BCUT2D eigenvalue weighted by Crippen LogP contribution is 2.19. The fraction of sp³-hybridized carbons (Fsp3) is 0.200. The summed E-state index contributed by atoms with van der Waals surface area (Å²) in [4.78, 5) is 18.2. The smallest absolute Gasteiger partial charge is 0.255 e. The zero-order valence-electron chi connectivity index (χ0n) is 10.5. The topological polar surface area (TPSA) is 33.2 Å². The number of halogens is 1. The third kappa shape index (κ3) is 2.76. The zero-order valence-corrected chi connectivity index (χ0v) is 11.3. The van der Waals surface area contributed by atoms with E-state index in [9.17, 15) is 4.79 Å². The number of aromatic nitrogens is 1. The molecule has 1 aromatic carbocycles. The van der Waals surface area contributed by atoms with E-state index in [1.54, 1.807) is 18.5 Å². The number of benzene rings is 1. The summed E-state index contributed by atoms with van der Waals surface area (Å²) in [5.74, 6) is 0.0672. The number of rotatable bonds is 1. The second-order valence-electron chi connectivity index (χ2n) is 4.49. The monoisotopic (exact) mass is 274 g/mol. The van der Waals surface area contributed by atoms with E-state index in [2.05, 4.69) is 23.2 Å². The van der Waals surface area contributed by atoms with Crippen LogP contribution >= 0.6 is 12.4 Å². The summed E-state index contributed by atoms with van der Waals surface area (Å²) < 4.78 is 0. The minimum atomic E-state index is 0. The summed E-state index contributed by atoms with van der Waals surface area (Å²) in [5.41, 5.74) is 3.27. The number of amides is 1. The van der Waals surface area contributed by atoms with Crippen molar-refractivity contribution in [2.75, 3.05) is 6.54 Å². The van der Waals surface area contributed by atoms with Crippen LogP contribution in [-0.2, 0) is 13.0 Å². The Morgan fingerprint density at radius 2 is 1.89 bits per heavy atom. The molecule has 0 saturated heterocycles. The Hall–Kier alpha value is -1.87. The van der Waals surface area contributed by atoms with Crippen molar-refractivity contribution in [2.45, 2.75) is 13.0 Å². The minimum Gasteiger partial charge on any atom is -0.334 e. The van der Waals surface area contributed by atoms with Crippen LogP contribution in [0.15, 0.2) is 48.8 Å². The van der Waals surface area contributed by atoms with E-state index in [-0.39, 0.29) is 18.3 Å². The van der Waals surface area contributed by atoms with Gasteiger partial charge in [-0.1, -0.05) is 24.3 Å². The predicted octanol–water partition coefficient (Wildman–Crippen LogP) is 2.70. The number of carbonyl (C=O) groups is 1. The van der Waals surface area contributed by atoms with Gasteiger partial charge in [-0.05, 0) is 29.7 Å². The van der Waals surface area contributed by atoms with Gasteiger partial charge in [0, 0.05) is 25.5 Å². The summed E-state index contributed by atoms with van der Waals surface area (Å²) in [6.45, 7) is 1.48. The number of hydrogen-bond donors (Lipinski definition) is 0. The molecule has 2 aromatic rings. The molecule has 1 aliphatic rings. The second-order valence-corrected chi connectivity index (χ2v) is 4.49.